The van der Waals surface area contributed by atoms with Gasteiger partial charge in [-0.2, -0.15) is 0 Å². The Hall–Kier alpha value is -5.86. The Morgan fingerprint density at radius 2 is 0.592 bits per heavy atom. The third-order valence-corrected chi connectivity index (χ3v) is 12.7. The van der Waals surface area contributed by atoms with Gasteiger partial charge in [0, 0.05) is 0 Å². The summed E-state index contributed by atoms with van der Waals surface area (Å²) in [5, 5.41) is 0. The second kappa shape index (κ2) is 26.5. The van der Waals surface area contributed by atoms with Gasteiger partial charge in [0.2, 0.25) is 0 Å². The molecule has 0 bridgehead atoms. The number of rotatable bonds is 24. The van der Waals surface area contributed by atoms with Gasteiger partial charge in [-0.05, 0) is 45.9 Å². The summed E-state index contributed by atoms with van der Waals surface area (Å²) in [5.74, 6) is 0. The Morgan fingerprint density at radius 1 is 0.296 bits per heavy atom. The first kappa shape index (κ1) is 50.1. The average Bonchev–Trinajstić information content (AvgIpc) is 3.43. The molecule has 0 radical (unpaired) electrons. The van der Waals surface area contributed by atoms with E-state index in [1.807, 2.05) is 195 Å². The Kier molecular flexibility index (Phi) is 18.7. The standard InChI is InChI=1S/C61H64O10/c1-45-54(63-38-47-25-11-3-12-26-47)56(64-39-48-27-13-4-14-28-48)59(67-42-51-33-19-7-20-34-51)61(69-45)71-55-53(44-62-37-46-23-9-2-10-24-46)70-60(68-43-52-35-21-8-22-36-52)58(66-41-50-31-17-6-18-32-50)57(55)65-40-49-29-15-5-16-30-49/h2-36,45,53-61H,37-44H2,1H3/t45-,53-,54-,55-,56+,57+,58-,59-,60-,61+/m1/s1. The summed E-state index contributed by atoms with van der Waals surface area (Å²) in [6.45, 7) is 4.19. The summed E-state index contributed by atoms with van der Waals surface area (Å²) in [4.78, 5) is 0. The zero-order valence-corrected chi connectivity index (χ0v) is 40.2. The zero-order chi connectivity index (χ0) is 48.3. The molecule has 368 valence electrons. The molecule has 10 atom stereocenters. The summed E-state index contributed by atoms with van der Waals surface area (Å²) in [6, 6.07) is 70.6. The highest BCUT2D eigenvalue weighted by Crippen LogP contribution is 2.37. The van der Waals surface area contributed by atoms with Crippen LogP contribution in [0.4, 0.5) is 0 Å². The molecule has 0 saturated carbocycles. The average molecular weight is 957 g/mol. The molecule has 2 aliphatic rings. The molecule has 0 unspecified atom stereocenters. The van der Waals surface area contributed by atoms with Crippen molar-refractivity contribution in [3.63, 3.8) is 0 Å². The maximum atomic E-state index is 7.46. The molecule has 10 nitrogen and oxygen atoms in total. The van der Waals surface area contributed by atoms with E-state index in [-0.39, 0.29) is 33.0 Å². The topological polar surface area (TPSA) is 92.3 Å². The molecule has 7 aromatic rings. The molecule has 2 heterocycles. The lowest BCUT2D eigenvalue weighted by Gasteiger charge is -2.50. The van der Waals surface area contributed by atoms with Crippen LogP contribution in [-0.4, -0.2) is 68.0 Å². The summed E-state index contributed by atoms with van der Waals surface area (Å²) < 4.78 is 69.7. The van der Waals surface area contributed by atoms with Crippen LogP contribution in [-0.2, 0) is 93.6 Å². The third-order valence-electron chi connectivity index (χ3n) is 12.7. The van der Waals surface area contributed by atoms with Crippen LogP contribution in [0.3, 0.4) is 0 Å². The molecule has 0 aromatic heterocycles. The van der Waals surface area contributed by atoms with Crippen molar-refractivity contribution in [3.05, 3.63) is 251 Å². The molecule has 7 aromatic carbocycles. The predicted octanol–water partition coefficient (Wildman–Crippen LogP) is 11.2. The summed E-state index contributed by atoms with van der Waals surface area (Å²) in [6.07, 6.45) is -7.53. The Bertz CT molecular complexity index is 2530. The first-order valence-electron chi connectivity index (χ1n) is 24.6. The van der Waals surface area contributed by atoms with Crippen molar-refractivity contribution in [2.24, 2.45) is 0 Å². The minimum atomic E-state index is -1.00. The molecular weight excluding hydrogens is 893 g/mol. The summed E-state index contributed by atoms with van der Waals surface area (Å²) in [5.41, 5.74) is 7.01. The van der Waals surface area contributed by atoms with Crippen LogP contribution in [0.2, 0.25) is 0 Å². The van der Waals surface area contributed by atoms with E-state index in [2.05, 4.69) is 24.3 Å². The van der Waals surface area contributed by atoms with E-state index in [0.29, 0.717) is 19.8 Å². The van der Waals surface area contributed by atoms with Crippen LogP contribution in [0.1, 0.15) is 45.9 Å². The molecule has 0 aliphatic carbocycles. The van der Waals surface area contributed by atoms with Crippen molar-refractivity contribution < 1.29 is 47.4 Å². The van der Waals surface area contributed by atoms with E-state index in [0.717, 1.165) is 38.9 Å². The van der Waals surface area contributed by atoms with Crippen LogP contribution in [0.15, 0.2) is 212 Å². The van der Waals surface area contributed by atoms with E-state index in [9.17, 15) is 0 Å². The highest BCUT2D eigenvalue weighted by atomic mass is 16.8. The fourth-order valence-corrected chi connectivity index (χ4v) is 8.96. The lowest BCUT2D eigenvalue weighted by Crippen LogP contribution is -2.65. The van der Waals surface area contributed by atoms with Crippen molar-refractivity contribution >= 4 is 0 Å². The van der Waals surface area contributed by atoms with Gasteiger partial charge in [-0.15, -0.1) is 0 Å². The fraction of sp³-hybridized carbons (Fsp3) is 0.311. The van der Waals surface area contributed by atoms with E-state index < -0.39 is 61.4 Å². The van der Waals surface area contributed by atoms with Crippen LogP contribution in [0, 0.1) is 0 Å². The van der Waals surface area contributed by atoms with Crippen LogP contribution < -0.4 is 0 Å². The monoisotopic (exact) mass is 956 g/mol. The number of hydrogen-bond acceptors (Lipinski definition) is 10. The normalized spacial score (nSPS) is 24.4. The van der Waals surface area contributed by atoms with Gasteiger partial charge in [-0.25, -0.2) is 0 Å². The minimum Gasteiger partial charge on any atom is -0.374 e. The van der Waals surface area contributed by atoms with Gasteiger partial charge < -0.3 is 47.4 Å². The molecule has 2 aliphatic heterocycles. The molecule has 0 N–H and O–H groups in total. The van der Waals surface area contributed by atoms with Crippen molar-refractivity contribution in [2.75, 3.05) is 6.61 Å². The Morgan fingerprint density at radius 3 is 0.972 bits per heavy atom. The molecule has 2 fully saturated rings. The predicted molar refractivity (Wildman–Crippen MR) is 270 cm³/mol. The van der Waals surface area contributed by atoms with Crippen molar-refractivity contribution in [1.29, 1.82) is 0 Å². The van der Waals surface area contributed by atoms with Crippen molar-refractivity contribution in [2.45, 2.75) is 115 Å². The maximum absolute atomic E-state index is 7.46. The van der Waals surface area contributed by atoms with E-state index in [1.54, 1.807) is 0 Å². The van der Waals surface area contributed by atoms with Crippen LogP contribution in [0.25, 0.3) is 0 Å². The highest BCUT2D eigenvalue weighted by molar-refractivity contribution is 5.19. The Labute approximate surface area is 418 Å². The van der Waals surface area contributed by atoms with Crippen LogP contribution >= 0.6 is 0 Å². The molecule has 9 rings (SSSR count). The van der Waals surface area contributed by atoms with Gasteiger partial charge in [0.25, 0.3) is 0 Å². The quantitative estimate of drug-likeness (QED) is 0.0583. The van der Waals surface area contributed by atoms with Crippen molar-refractivity contribution in [3.8, 4) is 0 Å². The van der Waals surface area contributed by atoms with Gasteiger partial charge in [0.15, 0.2) is 12.6 Å². The first-order chi connectivity index (χ1) is 35.1. The zero-order valence-electron chi connectivity index (χ0n) is 40.2. The smallest absolute Gasteiger partial charge is 0.187 e. The second-order valence-electron chi connectivity index (χ2n) is 18.0. The molecule has 0 amide bonds. The van der Waals surface area contributed by atoms with Gasteiger partial charge in [-0.1, -0.05) is 212 Å². The lowest BCUT2D eigenvalue weighted by atomic mass is 9.96. The van der Waals surface area contributed by atoms with Gasteiger partial charge >= 0.3 is 0 Å². The fourth-order valence-electron chi connectivity index (χ4n) is 8.96. The summed E-state index contributed by atoms with van der Waals surface area (Å²) in [7, 11) is 0. The largest absolute Gasteiger partial charge is 0.374 e. The first-order valence-corrected chi connectivity index (χ1v) is 24.6. The summed E-state index contributed by atoms with van der Waals surface area (Å²) >= 11 is 0. The van der Waals surface area contributed by atoms with Crippen LogP contribution in [0.5, 0.6) is 0 Å². The highest BCUT2D eigenvalue weighted by Gasteiger charge is 2.54. The number of hydrogen-bond donors (Lipinski definition) is 0. The van der Waals surface area contributed by atoms with E-state index >= 15 is 0 Å². The SMILES string of the molecule is C[C@H]1O[C@@H](O[C@H]2[C@H](OCc3ccccc3)[C@@H](OCc3ccccc3)[C@H](OCc3ccccc3)O[C@@H]2COCc2ccccc2)[C@H](OCc2ccccc2)[C@@H](OCc2ccccc2)[C@@H]1OCc1ccccc1. The molecule has 2 saturated heterocycles. The second-order valence-corrected chi connectivity index (χ2v) is 18.0. The van der Waals surface area contributed by atoms with Crippen molar-refractivity contribution in [1.82, 2.24) is 0 Å². The minimum absolute atomic E-state index is 0.135. The van der Waals surface area contributed by atoms with E-state index in [4.69, 9.17) is 47.4 Å². The van der Waals surface area contributed by atoms with Gasteiger partial charge in [-0.3, -0.25) is 0 Å². The molecule has 71 heavy (non-hydrogen) atoms. The maximum Gasteiger partial charge on any atom is 0.187 e. The lowest BCUT2D eigenvalue weighted by molar-refractivity contribution is -0.375. The van der Waals surface area contributed by atoms with Gasteiger partial charge in [0.1, 0.15) is 42.7 Å². The third kappa shape index (κ3) is 14.6. The Balaban J connectivity index is 1.09. The number of benzene rings is 7. The molecule has 10 heteroatoms. The molecular formula is C61H64O10. The molecule has 0 spiro atoms. The number of ether oxygens (including phenoxy) is 10. The van der Waals surface area contributed by atoms with E-state index in [1.165, 1.54) is 0 Å². The van der Waals surface area contributed by atoms with Gasteiger partial charge in [0.05, 0.1) is 59.0 Å².